The highest BCUT2D eigenvalue weighted by Gasteiger charge is 2.15. The van der Waals surface area contributed by atoms with Crippen LogP contribution in [0.1, 0.15) is 30.0 Å². The Bertz CT molecular complexity index is 302. The van der Waals surface area contributed by atoms with E-state index in [0.717, 1.165) is 13.0 Å². The van der Waals surface area contributed by atoms with E-state index in [1.165, 1.54) is 12.0 Å². The molecule has 1 aromatic rings. The monoisotopic (exact) mass is 211 g/mol. The second-order valence-electron chi connectivity index (χ2n) is 3.99. The molecule has 1 aliphatic rings. The van der Waals surface area contributed by atoms with Gasteiger partial charge in [-0.15, -0.1) is 0 Å². The summed E-state index contributed by atoms with van der Waals surface area (Å²) in [7, 11) is 0. The quantitative estimate of drug-likeness (QED) is 0.810. The lowest BCUT2D eigenvalue weighted by atomic mass is 10.0. The molecule has 0 bridgehead atoms. The van der Waals surface area contributed by atoms with E-state index in [-0.39, 0.29) is 6.42 Å². The molecule has 1 aliphatic heterocycles. The maximum atomic E-state index is 12.1. The van der Waals surface area contributed by atoms with Crippen molar-refractivity contribution in [3.05, 3.63) is 35.4 Å². The SMILES string of the molecule is FC(F)Cc1ccc(C2CCCN2)cc1. The topological polar surface area (TPSA) is 12.0 Å². The highest BCUT2D eigenvalue weighted by Crippen LogP contribution is 2.23. The second kappa shape index (κ2) is 4.71. The average Bonchev–Trinajstić information content (AvgIpc) is 2.71. The minimum Gasteiger partial charge on any atom is -0.310 e. The molecule has 1 N–H and O–H groups in total. The van der Waals surface area contributed by atoms with Crippen molar-refractivity contribution in [1.82, 2.24) is 5.32 Å². The molecule has 1 heterocycles. The third-order valence-electron chi connectivity index (χ3n) is 2.83. The van der Waals surface area contributed by atoms with Gasteiger partial charge >= 0.3 is 0 Å². The zero-order chi connectivity index (χ0) is 10.7. The number of alkyl halides is 2. The van der Waals surface area contributed by atoms with Crippen molar-refractivity contribution >= 4 is 0 Å². The Morgan fingerprint density at radius 2 is 2.00 bits per heavy atom. The van der Waals surface area contributed by atoms with Crippen LogP contribution in [0.25, 0.3) is 0 Å². The Kier molecular flexibility index (Phi) is 3.31. The zero-order valence-corrected chi connectivity index (χ0v) is 8.55. The second-order valence-corrected chi connectivity index (χ2v) is 3.99. The molecule has 0 saturated carbocycles. The van der Waals surface area contributed by atoms with E-state index < -0.39 is 6.43 Å². The van der Waals surface area contributed by atoms with E-state index in [0.29, 0.717) is 11.6 Å². The van der Waals surface area contributed by atoms with Gasteiger partial charge < -0.3 is 5.32 Å². The van der Waals surface area contributed by atoms with Gasteiger partial charge in [0.25, 0.3) is 0 Å². The smallest absolute Gasteiger partial charge is 0.242 e. The van der Waals surface area contributed by atoms with E-state index in [1.807, 2.05) is 24.3 Å². The Morgan fingerprint density at radius 3 is 2.53 bits per heavy atom. The molecule has 0 aliphatic carbocycles. The van der Waals surface area contributed by atoms with Crippen LogP contribution in [-0.4, -0.2) is 13.0 Å². The summed E-state index contributed by atoms with van der Waals surface area (Å²) in [4.78, 5) is 0. The van der Waals surface area contributed by atoms with Crippen LogP contribution in [-0.2, 0) is 6.42 Å². The summed E-state index contributed by atoms with van der Waals surface area (Å²) in [5.74, 6) is 0. The van der Waals surface area contributed by atoms with Crippen LogP contribution in [0.4, 0.5) is 8.78 Å². The van der Waals surface area contributed by atoms with Gasteiger partial charge in [0.05, 0.1) is 0 Å². The van der Waals surface area contributed by atoms with Crippen molar-refractivity contribution in [1.29, 1.82) is 0 Å². The summed E-state index contributed by atoms with van der Waals surface area (Å²) in [6, 6.07) is 7.95. The largest absolute Gasteiger partial charge is 0.310 e. The number of hydrogen-bond donors (Lipinski definition) is 1. The van der Waals surface area contributed by atoms with Crippen LogP contribution in [0.2, 0.25) is 0 Å². The molecule has 1 aromatic carbocycles. The minimum atomic E-state index is -2.25. The van der Waals surface area contributed by atoms with Gasteiger partial charge in [0.2, 0.25) is 6.43 Å². The van der Waals surface area contributed by atoms with Crippen molar-refractivity contribution in [2.75, 3.05) is 6.54 Å². The molecule has 1 atom stereocenters. The highest BCUT2D eigenvalue weighted by atomic mass is 19.3. The first-order chi connectivity index (χ1) is 7.25. The predicted molar refractivity (Wildman–Crippen MR) is 56.1 cm³/mol. The maximum absolute atomic E-state index is 12.1. The molecule has 15 heavy (non-hydrogen) atoms. The summed E-state index contributed by atoms with van der Waals surface area (Å²) in [6.07, 6.45) is -0.0452. The number of rotatable bonds is 3. The third kappa shape index (κ3) is 2.75. The summed E-state index contributed by atoms with van der Waals surface area (Å²) in [5, 5.41) is 3.38. The molecule has 1 unspecified atom stereocenters. The number of halogens is 2. The van der Waals surface area contributed by atoms with Crippen LogP contribution in [0.15, 0.2) is 24.3 Å². The van der Waals surface area contributed by atoms with Gasteiger partial charge in [-0.05, 0) is 30.5 Å². The maximum Gasteiger partial charge on any atom is 0.242 e. The number of benzene rings is 1. The Morgan fingerprint density at radius 1 is 1.27 bits per heavy atom. The van der Waals surface area contributed by atoms with Gasteiger partial charge in [0.15, 0.2) is 0 Å². The normalized spacial score (nSPS) is 21.1. The van der Waals surface area contributed by atoms with E-state index in [4.69, 9.17) is 0 Å². The molecule has 0 radical (unpaired) electrons. The lowest BCUT2D eigenvalue weighted by Gasteiger charge is -2.11. The number of hydrogen-bond acceptors (Lipinski definition) is 1. The standard InChI is InChI=1S/C12H15F2N/c13-12(14)8-9-3-5-10(6-4-9)11-2-1-7-15-11/h3-6,11-12,15H,1-2,7-8H2. The summed E-state index contributed by atoms with van der Waals surface area (Å²) in [6.45, 7) is 1.06. The molecule has 0 aromatic heterocycles. The van der Waals surface area contributed by atoms with Crippen LogP contribution >= 0.6 is 0 Å². The van der Waals surface area contributed by atoms with Gasteiger partial charge in [0.1, 0.15) is 0 Å². The van der Waals surface area contributed by atoms with Gasteiger partial charge in [-0.3, -0.25) is 0 Å². The fourth-order valence-corrected chi connectivity index (χ4v) is 2.03. The molecule has 1 nitrogen and oxygen atoms in total. The Balaban J connectivity index is 2.03. The van der Waals surface area contributed by atoms with Crippen molar-refractivity contribution in [3.8, 4) is 0 Å². The lowest BCUT2D eigenvalue weighted by molar-refractivity contribution is 0.149. The molecule has 1 saturated heterocycles. The first-order valence-electron chi connectivity index (χ1n) is 5.36. The van der Waals surface area contributed by atoms with Crippen molar-refractivity contribution in [3.63, 3.8) is 0 Å². The lowest BCUT2D eigenvalue weighted by Crippen LogP contribution is -2.12. The highest BCUT2D eigenvalue weighted by molar-refractivity contribution is 5.25. The molecular formula is C12H15F2N. The first-order valence-corrected chi connectivity index (χ1v) is 5.36. The molecule has 1 fully saturated rings. The number of nitrogens with one attached hydrogen (secondary N) is 1. The first kappa shape index (κ1) is 10.6. The van der Waals surface area contributed by atoms with E-state index in [2.05, 4.69) is 5.32 Å². The summed E-state index contributed by atoms with van der Waals surface area (Å²) in [5.41, 5.74) is 1.93. The van der Waals surface area contributed by atoms with Crippen LogP contribution < -0.4 is 5.32 Å². The van der Waals surface area contributed by atoms with Crippen molar-refractivity contribution in [2.24, 2.45) is 0 Å². The fourth-order valence-electron chi connectivity index (χ4n) is 2.03. The van der Waals surface area contributed by atoms with Crippen molar-refractivity contribution in [2.45, 2.75) is 31.7 Å². The van der Waals surface area contributed by atoms with Gasteiger partial charge in [0, 0.05) is 12.5 Å². The molecule has 3 heteroatoms. The molecule has 0 amide bonds. The van der Waals surface area contributed by atoms with E-state index in [1.54, 1.807) is 0 Å². The summed E-state index contributed by atoms with van der Waals surface area (Å²) >= 11 is 0. The molecule has 82 valence electrons. The van der Waals surface area contributed by atoms with Crippen LogP contribution in [0, 0.1) is 0 Å². The van der Waals surface area contributed by atoms with E-state index in [9.17, 15) is 8.78 Å². The van der Waals surface area contributed by atoms with Gasteiger partial charge in [-0.2, -0.15) is 0 Å². The van der Waals surface area contributed by atoms with E-state index >= 15 is 0 Å². The van der Waals surface area contributed by atoms with Gasteiger partial charge in [-0.25, -0.2) is 8.78 Å². The van der Waals surface area contributed by atoms with Crippen LogP contribution in [0.5, 0.6) is 0 Å². The van der Waals surface area contributed by atoms with Crippen LogP contribution in [0.3, 0.4) is 0 Å². The average molecular weight is 211 g/mol. The minimum absolute atomic E-state index is 0.141. The predicted octanol–water partition coefficient (Wildman–Crippen LogP) is 2.92. The third-order valence-corrected chi connectivity index (χ3v) is 2.83. The Hall–Kier alpha value is -0.960. The molecule has 2 rings (SSSR count). The van der Waals surface area contributed by atoms with Gasteiger partial charge in [-0.1, -0.05) is 24.3 Å². The fraction of sp³-hybridized carbons (Fsp3) is 0.500. The van der Waals surface area contributed by atoms with Crippen molar-refractivity contribution < 1.29 is 8.78 Å². The molecule has 0 spiro atoms. The Labute approximate surface area is 88.5 Å². The zero-order valence-electron chi connectivity index (χ0n) is 8.55. The molecular weight excluding hydrogens is 196 g/mol. The summed E-state index contributed by atoms with van der Waals surface area (Å²) < 4.78 is 24.2.